The lowest BCUT2D eigenvalue weighted by Crippen LogP contribution is -2.36. The number of hydrogen-bond acceptors (Lipinski definition) is 6. The fraction of sp³-hybridized carbons (Fsp3) is 0.727. The first-order chi connectivity index (χ1) is 8.59. The Bertz CT molecular complexity index is 414. The summed E-state index contributed by atoms with van der Waals surface area (Å²) in [5.74, 6) is -0.842. The van der Waals surface area contributed by atoms with Crippen LogP contribution in [0.2, 0.25) is 0 Å². The Morgan fingerprint density at radius 2 is 2.06 bits per heavy atom. The molecule has 0 amide bonds. The molecule has 2 unspecified atom stereocenters. The molecule has 18 heavy (non-hydrogen) atoms. The summed E-state index contributed by atoms with van der Waals surface area (Å²) in [6, 6.07) is 0. The van der Waals surface area contributed by atoms with E-state index in [2.05, 4.69) is 10.1 Å². The van der Waals surface area contributed by atoms with Crippen molar-refractivity contribution in [3.05, 3.63) is 5.89 Å². The number of carbonyl (C=O) groups is 1. The Hall–Kier alpha value is -1.63. The lowest BCUT2D eigenvalue weighted by atomic mass is 9.96. The van der Waals surface area contributed by atoms with Crippen LogP contribution < -0.4 is 4.90 Å². The molecule has 0 aliphatic carbocycles. The van der Waals surface area contributed by atoms with Crippen molar-refractivity contribution in [2.24, 2.45) is 5.92 Å². The van der Waals surface area contributed by atoms with Crippen LogP contribution in [-0.4, -0.2) is 47.5 Å². The van der Waals surface area contributed by atoms with E-state index in [0.717, 1.165) is 13.1 Å². The standard InChI is InChI=1S/C11H17N3O4/c1-7(8(2)10(15)16)9-12-11(13-18-9)14-3-5-17-6-4-14/h7-8H,3-6H2,1-2H3,(H,15,16). The van der Waals surface area contributed by atoms with Gasteiger partial charge < -0.3 is 19.3 Å². The largest absolute Gasteiger partial charge is 0.481 e. The molecule has 1 aliphatic rings. The predicted molar refractivity (Wildman–Crippen MR) is 62.5 cm³/mol. The van der Waals surface area contributed by atoms with Gasteiger partial charge in [-0.1, -0.05) is 13.8 Å². The first kappa shape index (κ1) is 12.8. The van der Waals surface area contributed by atoms with E-state index in [0.29, 0.717) is 25.1 Å². The molecule has 1 saturated heterocycles. The summed E-state index contributed by atoms with van der Waals surface area (Å²) in [6.07, 6.45) is 0. The molecule has 7 heteroatoms. The average Bonchev–Trinajstić information content (AvgIpc) is 2.87. The molecule has 1 N–H and O–H groups in total. The Morgan fingerprint density at radius 1 is 1.39 bits per heavy atom. The molecule has 0 aromatic carbocycles. The molecule has 1 fully saturated rings. The Balaban J connectivity index is 2.07. The average molecular weight is 255 g/mol. The molecule has 0 bridgehead atoms. The van der Waals surface area contributed by atoms with Crippen LogP contribution in [-0.2, 0) is 9.53 Å². The molecule has 2 rings (SSSR count). The number of morpholine rings is 1. The summed E-state index contributed by atoms with van der Waals surface area (Å²) in [7, 11) is 0. The van der Waals surface area contributed by atoms with Crippen molar-refractivity contribution in [3.63, 3.8) is 0 Å². The Kier molecular flexibility index (Phi) is 3.81. The van der Waals surface area contributed by atoms with Gasteiger partial charge in [-0.15, -0.1) is 0 Å². The third kappa shape index (κ3) is 2.61. The molecule has 1 aromatic rings. The lowest BCUT2D eigenvalue weighted by molar-refractivity contribution is -0.141. The van der Waals surface area contributed by atoms with Gasteiger partial charge in [-0.3, -0.25) is 4.79 Å². The van der Waals surface area contributed by atoms with Gasteiger partial charge in [0.25, 0.3) is 5.95 Å². The molecule has 0 saturated carbocycles. The number of rotatable bonds is 4. The van der Waals surface area contributed by atoms with Crippen molar-refractivity contribution in [2.75, 3.05) is 31.2 Å². The van der Waals surface area contributed by atoms with Gasteiger partial charge in [0.2, 0.25) is 5.89 Å². The van der Waals surface area contributed by atoms with E-state index >= 15 is 0 Å². The van der Waals surface area contributed by atoms with Crippen LogP contribution in [0.5, 0.6) is 0 Å². The third-order valence-corrected chi connectivity index (χ3v) is 3.25. The monoisotopic (exact) mass is 255 g/mol. The zero-order valence-corrected chi connectivity index (χ0v) is 10.5. The second-order valence-electron chi connectivity index (χ2n) is 4.45. The number of aliphatic carboxylic acids is 1. The number of hydrogen-bond donors (Lipinski definition) is 1. The predicted octanol–water partition coefficient (Wildman–Crippen LogP) is 0.730. The highest BCUT2D eigenvalue weighted by molar-refractivity contribution is 5.70. The fourth-order valence-corrected chi connectivity index (χ4v) is 1.73. The zero-order chi connectivity index (χ0) is 13.1. The molecule has 100 valence electrons. The molecule has 7 nitrogen and oxygen atoms in total. The summed E-state index contributed by atoms with van der Waals surface area (Å²) in [6.45, 7) is 6.14. The normalized spacial score (nSPS) is 19.6. The first-order valence-electron chi connectivity index (χ1n) is 5.98. The van der Waals surface area contributed by atoms with E-state index in [1.165, 1.54) is 0 Å². The van der Waals surface area contributed by atoms with Crippen LogP contribution in [0.1, 0.15) is 25.7 Å². The van der Waals surface area contributed by atoms with Gasteiger partial charge in [0, 0.05) is 19.0 Å². The Labute approximate surface area is 105 Å². The molecule has 0 spiro atoms. The highest BCUT2D eigenvalue weighted by Crippen LogP contribution is 2.24. The quantitative estimate of drug-likeness (QED) is 0.848. The second-order valence-corrected chi connectivity index (χ2v) is 4.45. The lowest BCUT2D eigenvalue weighted by Gasteiger charge is -2.24. The molecule has 1 aromatic heterocycles. The number of ether oxygens (including phenoxy) is 1. The number of carboxylic acid groups (broad SMARTS) is 1. The highest BCUT2D eigenvalue weighted by Gasteiger charge is 2.27. The van der Waals surface area contributed by atoms with Crippen molar-refractivity contribution in [2.45, 2.75) is 19.8 Å². The molecular formula is C11H17N3O4. The van der Waals surface area contributed by atoms with Gasteiger partial charge in [-0.2, -0.15) is 4.98 Å². The van der Waals surface area contributed by atoms with Crippen molar-refractivity contribution >= 4 is 11.9 Å². The summed E-state index contributed by atoms with van der Waals surface area (Å²) < 4.78 is 10.4. The minimum Gasteiger partial charge on any atom is -0.481 e. The topological polar surface area (TPSA) is 88.7 Å². The van der Waals surface area contributed by atoms with Crippen LogP contribution in [0.4, 0.5) is 5.95 Å². The van der Waals surface area contributed by atoms with Crippen molar-refractivity contribution in [1.82, 2.24) is 10.1 Å². The van der Waals surface area contributed by atoms with Crippen LogP contribution in [0.15, 0.2) is 4.52 Å². The maximum absolute atomic E-state index is 10.9. The van der Waals surface area contributed by atoms with Crippen molar-refractivity contribution in [1.29, 1.82) is 0 Å². The third-order valence-electron chi connectivity index (χ3n) is 3.25. The van der Waals surface area contributed by atoms with Crippen LogP contribution >= 0.6 is 0 Å². The van der Waals surface area contributed by atoms with E-state index < -0.39 is 11.9 Å². The molecule has 0 radical (unpaired) electrons. The van der Waals surface area contributed by atoms with Crippen molar-refractivity contribution < 1.29 is 19.2 Å². The summed E-state index contributed by atoms with van der Waals surface area (Å²) in [4.78, 5) is 17.1. The highest BCUT2D eigenvalue weighted by atomic mass is 16.5. The SMILES string of the molecule is CC(C(=O)O)C(C)c1nc(N2CCOCC2)no1. The fourth-order valence-electron chi connectivity index (χ4n) is 1.73. The number of anilines is 1. The van der Waals surface area contributed by atoms with Gasteiger partial charge in [0.1, 0.15) is 0 Å². The van der Waals surface area contributed by atoms with Gasteiger partial charge in [-0.05, 0) is 5.16 Å². The molecule has 2 atom stereocenters. The van der Waals surface area contributed by atoms with Gasteiger partial charge in [0.05, 0.1) is 19.1 Å². The number of carboxylic acids is 1. The smallest absolute Gasteiger partial charge is 0.307 e. The minimum atomic E-state index is -0.867. The second kappa shape index (κ2) is 5.34. The molecule has 2 heterocycles. The van der Waals surface area contributed by atoms with Gasteiger partial charge in [-0.25, -0.2) is 0 Å². The van der Waals surface area contributed by atoms with Gasteiger partial charge >= 0.3 is 5.97 Å². The van der Waals surface area contributed by atoms with Crippen LogP contribution in [0, 0.1) is 5.92 Å². The van der Waals surface area contributed by atoms with Crippen LogP contribution in [0.25, 0.3) is 0 Å². The zero-order valence-electron chi connectivity index (χ0n) is 10.5. The number of nitrogens with zero attached hydrogens (tertiary/aromatic N) is 3. The maximum atomic E-state index is 10.9. The van der Waals surface area contributed by atoms with Gasteiger partial charge in [0.15, 0.2) is 0 Å². The molecular weight excluding hydrogens is 238 g/mol. The summed E-state index contributed by atoms with van der Waals surface area (Å²) in [5.41, 5.74) is 0. The van der Waals surface area contributed by atoms with E-state index in [1.807, 2.05) is 4.90 Å². The Morgan fingerprint density at radius 3 is 2.67 bits per heavy atom. The number of aromatic nitrogens is 2. The maximum Gasteiger partial charge on any atom is 0.307 e. The summed E-state index contributed by atoms with van der Waals surface area (Å²) >= 11 is 0. The minimum absolute atomic E-state index is 0.301. The first-order valence-corrected chi connectivity index (χ1v) is 5.98. The molecule has 1 aliphatic heterocycles. The van der Waals surface area contributed by atoms with E-state index in [4.69, 9.17) is 14.4 Å². The van der Waals surface area contributed by atoms with Crippen molar-refractivity contribution in [3.8, 4) is 0 Å². The van der Waals surface area contributed by atoms with E-state index in [-0.39, 0.29) is 5.92 Å². The van der Waals surface area contributed by atoms with E-state index in [9.17, 15) is 4.79 Å². The van der Waals surface area contributed by atoms with E-state index in [1.54, 1.807) is 13.8 Å². The van der Waals surface area contributed by atoms with Crippen LogP contribution in [0.3, 0.4) is 0 Å². The summed E-state index contributed by atoms with van der Waals surface area (Å²) in [5, 5.41) is 12.8.